The summed E-state index contributed by atoms with van der Waals surface area (Å²) in [4.78, 5) is 39.6. The van der Waals surface area contributed by atoms with Crippen LogP contribution in [0.3, 0.4) is 0 Å². The summed E-state index contributed by atoms with van der Waals surface area (Å²) in [5, 5.41) is 0. The third-order valence-corrected chi connectivity index (χ3v) is 14.8. The van der Waals surface area contributed by atoms with Crippen LogP contribution in [-0.4, -0.2) is 36.2 Å². The number of cyclic esters (lactones) is 1. The van der Waals surface area contributed by atoms with Crippen molar-refractivity contribution in [2.45, 2.75) is 104 Å². The van der Waals surface area contributed by atoms with Gasteiger partial charge in [-0.1, -0.05) is 27.7 Å². The lowest BCUT2D eigenvalue weighted by molar-refractivity contribution is -0.209. The number of fused-ring (bicyclic) bond motifs is 4. The molecule has 41 heavy (non-hydrogen) atoms. The molecule has 0 spiro atoms. The van der Waals surface area contributed by atoms with E-state index in [4.69, 9.17) is 14.2 Å². The Morgan fingerprint density at radius 2 is 1.34 bits per heavy atom. The van der Waals surface area contributed by atoms with E-state index in [2.05, 4.69) is 20.8 Å². The Bertz CT molecular complexity index is 1110. The standard InChI is InChI=1S/C35H50O6/c1-16-20-11-25(27(12-20)32(37)41-35(5)22-7-18-6-19(9-22)10-23(35)8-18)29(16)28-17(2)24-13-21(28)14-26(24)31(36)40-30-33(38)39-15-34(30,3)4/h16-30H,6-15H2,1-5H3. The molecule has 0 aromatic rings. The molecule has 6 nitrogen and oxygen atoms in total. The van der Waals surface area contributed by atoms with E-state index in [9.17, 15) is 14.4 Å². The topological polar surface area (TPSA) is 78.9 Å². The van der Waals surface area contributed by atoms with Gasteiger partial charge in [-0.3, -0.25) is 9.59 Å². The van der Waals surface area contributed by atoms with Crippen LogP contribution in [0.5, 0.6) is 0 Å². The van der Waals surface area contributed by atoms with E-state index in [1.165, 1.54) is 38.5 Å². The van der Waals surface area contributed by atoms with Gasteiger partial charge in [0.1, 0.15) is 12.2 Å². The van der Waals surface area contributed by atoms with Crippen LogP contribution in [0.2, 0.25) is 0 Å². The number of hydrogen-bond donors (Lipinski definition) is 0. The zero-order valence-corrected chi connectivity index (χ0v) is 25.7. The zero-order chi connectivity index (χ0) is 28.6. The summed E-state index contributed by atoms with van der Waals surface area (Å²) in [7, 11) is 0. The highest BCUT2D eigenvalue weighted by Gasteiger charge is 2.64. The lowest BCUT2D eigenvalue weighted by atomic mass is 9.50. The minimum absolute atomic E-state index is 0.0536. The van der Waals surface area contributed by atoms with Gasteiger partial charge in [0.25, 0.3) is 0 Å². The summed E-state index contributed by atoms with van der Waals surface area (Å²) >= 11 is 0. The van der Waals surface area contributed by atoms with Crippen LogP contribution in [0.15, 0.2) is 0 Å². The largest absolute Gasteiger partial charge is 0.462 e. The van der Waals surface area contributed by atoms with Crippen LogP contribution in [0.4, 0.5) is 0 Å². The average Bonchev–Trinajstić information content (AvgIpc) is 3.71. The van der Waals surface area contributed by atoms with Crippen molar-refractivity contribution < 1.29 is 28.6 Å². The molecule has 0 radical (unpaired) electrons. The number of carbonyl (C=O) groups excluding carboxylic acids is 3. The molecule has 0 aromatic carbocycles. The molecule has 11 atom stereocenters. The Morgan fingerprint density at radius 3 is 1.93 bits per heavy atom. The second-order valence-electron chi connectivity index (χ2n) is 17.2. The first-order valence-electron chi connectivity index (χ1n) is 17.0. The van der Waals surface area contributed by atoms with Gasteiger partial charge in [0.2, 0.25) is 6.10 Å². The molecule has 8 aliphatic carbocycles. The van der Waals surface area contributed by atoms with Gasteiger partial charge in [0.15, 0.2) is 0 Å². The molecule has 9 rings (SSSR count). The first-order valence-corrected chi connectivity index (χ1v) is 17.0. The van der Waals surface area contributed by atoms with E-state index >= 15 is 0 Å². The number of carbonyl (C=O) groups is 3. The fourth-order valence-corrected chi connectivity index (χ4v) is 13.0. The number of ether oxygens (including phenoxy) is 3. The van der Waals surface area contributed by atoms with E-state index in [0.717, 1.165) is 31.1 Å². The maximum atomic E-state index is 14.0. The predicted molar refractivity (Wildman–Crippen MR) is 151 cm³/mol. The molecule has 1 saturated heterocycles. The first-order chi connectivity index (χ1) is 19.4. The van der Waals surface area contributed by atoms with Crippen LogP contribution in [-0.2, 0) is 28.6 Å². The van der Waals surface area contributed by atoms with Crippen molar-refractivity contribution in [2.24, 2.45) is 88.3 Å². The van der Waals surface area contributed by atoms with Crippen LogP contribution < -0.4 is 0 Å². The quantitative estimate of drug-likeness (QED) is 0.298. The van der Waals surface area contributed by atoms with Crippen molar-refractivity contribution in [2.75, 3.05) is 6.61 Å². The predicted octanol–water partition coefficient (Wildman–Crippen LogP) is 6.06. The summed E-state index contributed by atoms with van der Waals surface area (Å²) < 4.78 is 17.7. The fraction of sp³-hybridized carbons (Fsp3) is 0.914. The van der Waals surface area contributed by atoms with Crippen LogP contribution in [0.1, 0.15) is 92.4 Å². The van der Waals surface area contributed by atoms with Gasteiger partial charge >= 0.3 is 17.9 Å². The van der Waals surface area contributed by atoms with E-state index in [0.29, 0.717) is 65.8 Å². The molecule has 11 unspecified atom stereocenters. The molecular weight excluding hydrogens is 516 g/mol. The average molecular weight is 567 g/mol. The number of hydrogen-bond acceptors (Lipinski definition) is 6. The molecule has 6 heteroatoms. The molecular formula is C35H50O6. The van der Waals surface area contributed by atoms with Crippen molar-refractivity contribution in [3.05, 3.63) is 0 Å². The van der Waals surface area contributed by atoms with Crippen LogP contribution in [0.25, 0.3) is 0 Å². The molecule has 226 valence electrons. The molecule has 0 amide bonds. The zero-order valence-electron chi connectivity index (χ0n) is 25.7. The lowest BCUT2D eigenvalue weighted by Crippen LogP contribution is -2.58. The molecule has 9 fully saturated rings. The minimum atomic E-state index is -0.797. The maximum absolute atomic E-state index is 14.0. The highest BCUT2D eigenvalue weighted by atomic mass is 16.6. The van der Waals surface area contributed by atoms with Crippen molar-refractivity contribution >= 4 is 17.9 Å². The summed E-state index contributed by atoms with van der Waals surface area (Å²) in [6.45, 7) is 11.2. The van der Waals surface area contributed by atoms with Crippen molar-refractivity contribution in [3.63, 3.8) is 0 Å². The Balaban J connectivity index is 0.953. The Morgan fingerprint density at radius 1 is 0.732 bits per heavy atom. The van der Waals surface area contributed by atoms with Crippen molar-refractivity contribution in [3.8, 4) is 0 Å². The summed E-state index contributed by atoms with van der Waals surface area (Å²) in [5.74, 6) is 6.34. The fourth-order valence-electron chi connectivity index (χ4n) is 13.0. The summed E-state index contributed by atoms with van der Waals surface area (Å²) in [6.07, 6.45) is 9.78. The third kappa shape index (κ3) is 3.82. The maximum Gasteiger partial charge on any atom is 0.348 e. The Kier molecular flexibility index (Phi) is 5.91. The number of rotatable bonds is 5. The van der Waals surface area contributed by atoms with E-state index in [1.807, 2.05) is 13.8 Å². The molecule has 0 aromatic heterocycles. The van der Waals surface area contributed by atoms with Gasteiger partial charge in [-0.05, 0) is 136 Å². The molecule has 1 aliphatic heterocycles. The van der Waals surface area contributed by atoms with E-state index in [-0.39, 0.29) is 29.4 Å². The summed E-state index contributed by atoms with van der Waals surface area (Å²) in [6, 6.07) is 0. The van der Waals surface area contributed by atoms with Crippen molar-refractivity contribution in [1.29, 1.82) is 0 Å². The number of esters is 3. The van der Waals surface area contributed by atoms with Crippen LogP contribution >= 0.6 is 0 Å². The lowest BCUT2D eigenvalue weighted by Gasteiger charge is -2.59. The first kappa shape index (κ1) is 27.0. The molecule has 0 N–H and O–H groups in total. The molecule has 9 aliphatic rings. The highest BCUT2D eigenvalue weighted by Crippen LogP contribution is 2.67. The van der Waals surface area contributed by atoms with Gasteiger partial charge in [-0.2, -0.15) is 0 Å². The van der Waals surface area contributed by atoms with Crippen LogP contribution in [0, 0.1) is 88.3 Å². The molecule has 8 saturated carbocycles. The molecule has 1 heterocycles. The Hall–Kier alpha value is -1.59. The van der Waals surface area contributed by atoms with Gasteiger partial charge in [0, 0.05) is 5.41 Å². The van der Waals surface area contributed by atoms with Crippen molar-refractivity contribution in [1.82, 2.24) is 0 Å². The normalized spacial score (nSPS) is 55.4. The van der Waals surface area contributed by atoms with Gasteiger partial charge in [-0.15, -0.1) is 0 Å². The van der Waals surface area contributed by atoms with E-state index in [1.54, 1.807) is 0 Å². The van der Waals surface area contributed by atoms with Gasteiger partial charge < -0.3 is 14.2 Å². The second-order valence-corrected chi connectivity index (χ2v) is 17.2. The van der Waals surface area contributed by atoms with Gasteiger partial charge in [-0.25, -0.2) is 4.79 Å². The SMILES string of the molecule is CC1C2CC(CC2C(=O)OC2C(=O)OCC2(C)C)C1C1C(C)C2CC(C(=O)OC3(C)C4CC5CC(C4)CC3C5)C1C2. The smallest absolute Gasteiger partial charge is 0.348 e. The third-order valence-electron chi connectivity index (χ3n) is 14.8. The molecule has 8 bridgehead atoms. The van der Waals surface area contributed by atoms with E-state index < -0.39 is 17.5 Å². The minimum Gasteiger partial charge on any atom is -0.462 e. The van der Waals surface area contributed by atoms with Gasteiger partial charge in [0.05, 0.1) is 11.8 Å². The summed E-state index contributed by atoms with van der Waals surface area (Å²) in [5.41, 5.74) is -0.727. The monoisotopic (exact) mass is 566 g/mol. The Labute approximate surface area is 245 Å². The second kappa shape index (κ2) is 8.97. The highest BCUT2D eigenvalue weighted by molar-refractivity contribution is 5.83.